The van der Waals surface area contributed by atoms with Gasteiger partial charge in [0.1, 0.15) is 0 Å². The van der Waals surface area contributed by atoms with Crippen molar-refractivity contribution in [2.45, 2.75) is 0 Å². The first kappa shape index (κ1) is 37.2. The van der Waals surface area contributed by atoms with Gasteiger partial charge in [-0.1, -0.05) is 194 Å². The van der Waals surface area contributed by atoms with Crippen LogP contribution < -0.4 is 0 Å². The third-order valence-corrected chi connectivity index (χ3v) is 12.5. The van der Waals surface area contributed by atoms with E-state index in [1.54, 1.807) is 0 Å². The third kappa shape index (κ3) is 6.40. The van der Waals surface area contributed by atoms with Crippen LogP contribution in [-0.2, 0) is 0 Å². The monoisotopic (exact) mass is 816 g/mol. The Balaban J connectivity index is 0.968. The smallest absolute Gasteiger partial charge is 0.168 e. The molecule has 0 unspecified atom stereocenters. The number of aromatic nitrogens is 4. The minimum Gasteiger partial charge on any atom is -0.309 e. The summed E-state index contributed by atoms with van der Waals surface area (Å²) in [6.45, 7) is 0. The van der Waals surface area contributed by atoms with E-state index >= 15 is 0 Å². The Labute approximate surface area is 371 Å². The Morgan fingerprint density at radius 2 is 0.656 bits per heavy atom. The van der Waals surface area contributed by atoms with Gasteiger partial charge in [0.25, 0.3) is 0 Å². The number of rotatable bonds is 8. The van der Waals surface area contributed by atoms with Gasteiger partial charge in [0.05, 0.1) is 11.0 Å². The molecule has 4 nitrogen and oxygen atoms in total. The zero-order chi connectivity index (χ0) is 42.4. The molecule has 0 aliphatic rings. The van der Waals surface area contributed by atoms with E-state index in [9.17, 15) is 0 Å². The van der Waals surface area contributed by atoms with Gasteiger partial charge >= 0.3 is 0 Å². The molecule has 12 aromatic rings. The Morgan fingerprint density at radius 1 is 0.250 bits per heavy atom. The maximum atomic E-state index is 4.75. The second kappa shape index (κ2) is 15.7. The predicted octanol–water partition coefficient (Wildman–Crippen LogP) is 15.5. The van der Waals surface area contributed by atoms with Crippen molar-refractivity contribution in [1.82, 2.24) is 19.3 Å². The largest absolute Gasteiger partial charge is 0.309 e. The van der Waals surface area contributed by atoms with Crippen molar-refractivity contribution in [3.05, 3.63) is 243 Å². The highest BCUT2D eigenvalue weighted by Crippen LogP contribution is 2.42. The highest BCUT2D eigenvalue weighted by Gasteiger charge is 2.20. The van der Waals surface area contributed by atoms with E-state index in [-0.39, 0.29) is 0 Å². The molecule has 0 radical (unpaired) electrons. The lowest BCUT2D eigenvalue weighted by Gasteiger charge is -2.16. The topological polar surface area (TPSA) is 35.6 Å². The summed E-state index contributed by atoms with van der Waals surface area (Å²) < 4.78 is 4.55. The van der Waals surface area contributed by atoms with Gasteiger partial charge in [-0.15, -0.1) is 10.2 Å². The molecule has 0 saturated heterocycles. The van der Waals surface area contributed by atoms with Gasteiger partial charge in [-0.25, -0.2) is 0 Å². The number of fused-ring (bicyclic) bond motifs is 4. The summed E-state index contributed by atoms with van der Waals surface area (Å²) >= 11 is 0. The van der Waals surface area contributed by atoms with Crippen LogP contribution in [0.3, 0.4) is 0 Å². The van der Waals surface area contributed by atoms with Crippen LogP contribution in [0.2, 0.25) is 0 Å². The van der Waals surface area contributed by atoms with Crippen LogP contribution in [0.15, 0.2) is 243 Å². The third-order valence-electron chi connectivity index (χ3n) is 12.5. The number of para-hydroxylation sites is 2. The van der Waals surface area contributed by atoms with E-state index in [1.165, 1.54) is 66.0 Å². The number of hydrogen-bond acceptors (Lipinski definition) is 2. The summed E-state index contributed by atoms with van der Waals surface area (Å²) in [6.07, 6.45) is 0. The molecule has 0 fully saturated rings. The lowest BCUT2D eigenvalue weighted by molar-refractivity contribution is 1.07. The van der Waals surface area contributed by atoms with Crippen LogP contribution in [0.4, 0.5) is 0 Å². The fraction of sp³-hybridized carbons (Fsp3) is 0. The maximum Gasteiger partial charge on any atom is 0.168 e. The van der Waals surface area contributed by atoms with Crippen LogP contribution >= 0.6 is 0 Å². The molecule has 0 spiro atoms. The van der Waals surface area contributed by atoms with Crippen LogP contribution in [-0.4, -0.2) is 19.3 Å². The van der Waals surface area contributed by atoms with Gasteiger partial charge in [0.15, 0.2) is 11.6 Å². The lowest BCUT2D eigenvalue weighted by Crippen LogP contribution is -2.00. The highest BCUT2D eigenvalue weighted by molar-refractivity contribution is 6.13. The molecule has 10 aromatic carbocycles. The summed E-state index contributed by atoms with van der Waals surface area (Å²) in [7, 11) is 0. The first-order valence-corrected chi connectivity index (χ1v) is 21.7. The van der Waals surface area contributed by atoms with Gasteiger partial charge in [-0.05, 0) is 104 Å². The zero-order valence-corrected chi connectivity index (χ0v) is 34.9. The van der Waals surface area contributed by atoms with Gasteiger partial charge in [-0.2, -0.15) is 0 Å². The Morgan fingerprint density at radius 3 is 1.27 bits per heavy atom. The van der Waals surface area contributed by atoms with Crippen LogP contribution in [0, 0.1) is 0 Å². The Hall–Kier alpha value is -8.60. The summed E-state index contributed by atoms with van der Waals surface area (Å²) in [6, 6.07) is 86.8. The quantitative estimate of drug-likeness (QED) is 0.153. The first-order chi connectivity index (χ1) is 31.8. The van der Waals surface area contributed by atoms with Crippen molar-refractivity contribution < 1.29 is 0 Å². The van der Waals surface area contributed by atoms with Crippen molar-refractivity contribution in [3.63, 3.8) is 0 Å². The minimum atomic E-state index is 0.795. The van der Waals surface area contributed by atoms with Crippen LogP contribution in [0.1, 0.15) is 0 Å². The van der Waals surface area contributed by atoms with Crippen LogP contribution in [0.5, 0.6) is 0 Å². The summed E-state index contributed by atoms with van der Waals surface area (Å²) in [5.41, 5.74) is 16.0. The van der Waals surface area contributed by atoms with E-state index in [2.05, 4.69) is 228 Å². The maximum absolute atomic E-state index is 4.75. The average molecular weight is 817 g/mol. The second-order valence-corrected chi connectivity index (χ2v) is 16.2. The summed E-state index contributed by atoms with van der Waals surface area (Å²) in [4.78, 5) is 0. The minimum absolute atomic E-state index is 0.795. The fourth-order valence-corrected chi connectivity index (χ4v) is 9.50. The fourth-order valence-electron chi connectivity index (χ4n) is 9.50. The zero-order valence-electron chi connectivity index (χ0n) is 34.9. The van der Waals surface area contributed by atoms with E-state index in [0.717, 1.165) is 45.3 Å². The number of nitrogens with zero attached hydrogens (tertiary/aromatic N) is 4. The SMILES string of the molecule is c1ccc(-c2nnc(-c3ccc(-c4ccccc4-c4ccccc4-c4ccc5c(c4)c4cc(-c6cccc7ccccc67)ccc4n5-c4ccccc4)cc3)n2-c2ccccc2)cc1. The van der Waals surface area contributed by atoms with E-state index < -0.39 is 0 Å². The second-order valence-electron chi connectivity index (χ2n) is 16.2. The van der Waals surface area contributed by atoms with E-state index in [0.29, 0.717) is 0 Å². The molecule has 64 heavy (non-hydrogen) atoms. The standard InChI is InChI=1S/C60H40N4/c1-4-18-43(19-5-1)59-61-62-60(64(59)48-23-8-3-9-24-48)44-33-31-42(32-34-44)50-26-12-14-28-53(50)54-29-15-13-27-52(54)46-36-38-58-56(40-46)55-39-45(51-30-16-20-41-17-10-11-25-49(41)51)35-37-57(55)63(58)47-21-6-2-7-22-47/h1-40H. The van der Waals surface area contributed by atoms with E-state index in [1.807, 2.05) is 24.3 Å². The molecule has 0 bridgehead atoms. The van der Waals surface area contributed by atoms with Gasteiger partial charge in [0, 0.05) is 33.3 Å². The molecule has 4 heteroatoms. The molecule has 0 aliphatic carbocycles. The molecular formula is C60H40N4. The molecule has 0 N–H and O–H groups in total. The van der Waals surface area contributed by atoms with Crippen molar-refractivity contribution in [2.24, 2.45) is 0 Å². The highest BCUT2D eigenvalue weighted by atomic mass is 15.3. The predicted molar refractivity (Wildman–Crippen MR) is 266 cm³/mol. The van der Waals surface area contributed by atoms with Gasteiger partial charge < -0.3 is 4.57 Å². The number of benzene rings is 10. The van der Waals surface area contributed by atoms with Crippen LogP contribution in [0.25, 0.3) is 111 Å². The normalized spacial score (nSPS) is 11.4. The molecule has 0 saturated carbocycles. The lowest BCUT2D eigenvalue weighted by atomic mass is 9.89. The molecule has 12 rings (SSSR count). The van der Waals surface area contributed by atoms with E-state index in [4.69, 9.17) is 10.2 Å². The Kier molecular flexibility index (Phi) is 9.12. The Bertz CT molecular complexity index is 3640. The molecule has 0 aliphatic heterocycles. The molecule has 2 aromatic heterocycles. The molecule has 0 amide bonds. The van der Waals surface area contributed by atoms with Crippen molar-refractivity contribution in [3.8, 4) is 78.7 Å². The van der Waals surface area contributed by atoms with Crippen molar-refractivity contribution in [1.29, 1.82) is 0 Å². The van der Waals surface area contributed by atoms with Gasteiger partial charge in [0.2, 0.25) is 0 Å². The average Bonchev–Trinajstić information content (AvgIpc) is 3.97. The summed E-state index contributed by atoms with van der Waals surface area (Å²) in [5, 5.41) is 14.4. The summed E-state index contributed by atoms with van der Waals surface area (Å²) in [5.74, 6) is 1.60. The van der Waals surface area contributed by atoms with Gasteiger partial charge in [-0.3, -0.25) is 4.57 Å². The molecule has 2 heterocycles. The molecule has 0 atom stereocenters. The van der Waals surface area contributed by atoms with Crippen molar-refractivity contribution in [2.75, 3.05) is 0 Å². The molecule has 300 valence electrons. The molecular weight excluding hydrogens is 777 g/mol. The first-order valence-electron chi connectivity index (χ1n) is 21.7. The number of hydrogen-bond donors (Lipinski definition) is 0. The van der Waals surface area contributed by atoms with Crippen molar-refractivity contribution >= 4 is 32.6 Å².